The number of anilines is 1. The van der Waals surface area contributed by atoms with Crippen molar-refractivity contribution >= 4 is 22.4 Å². The molecule has 0 bridgehead atoms. The molecule has 0 aliphatic heterocycles. The zero-order valence-electron chi connectivity index (χ0n) is 11.0. The second kappa shape index (κ2) is 5.66. The van der Waals surface area contributed by atoms with Crippen LogP contribution in [0.1, 0.15) is 6.42 Å². The Labute approximate surface area is 110 Å². The quantitative estimate of drug-likeness (QED) is 0.468. The van der Waals surface area contributed by atoms with E-state index in [4.69, 9.17) is 0 Å². The maximum atomic E-state index is 10.8. The van der Waals surface area contributed by atoms with Crippen LogP contribution < -0.4 is 10.2 Å². The zero-order chi connectivity index (χ0) is 13.8. The number of hydrogen-bond donors (Lipinski definition) is 2. The summed E-state index contributed by atoms with van der Waals surface area (Å²) in [6, 6.07) is 4.72. The van der Waals surface area contributed by atoms with Gasteiger partial charge in [0.25, 0.3) is 5.69 Å². The van der Waals surface area contributed by atoms with E-state index < -0.39 is 4.92 Å². The van der Waals surface area contributed by atoms with Crippen molar-refractivity contribution in [2.75, 3.05) is 32.1 Å². The van der Waals surface area contributed by atoms with Crippen molar-refractivity contribution in [2.45, 2.75) is 6.42 Å². The van der Waals surface area contributed by atoms with Crippen LogP contribution in [0.5, 0.6) is 0 Å². The van der Waals surface area contributed by atoms with Crippen LogP contribution in [0, 0.1) is 10.1 Å². The SMILES string of the molecule is CNCCCN(C)c1n[nH]c2ccc([N+](=O)[O-])cc12. The van der Waals surface area contributed by atoms with Crippen LogP contribution in [0.4, 0.5) is 11.5 Å². The highest BCUT2D eigenvalue weighted by molar-refractivity contribution is 5.91. The van der Waals surface area contributed by atoms with Crippen LogP contribution in [0.2, 0.25) is 0 Å². The Hall–Kier alpha value is -2.15. The van der Waals surface area contributed by atoms with Gasteiger partial charge in [0.15, 0.2) is 5.82 Å². The van der Waals surface area contributed by atoms with Gasteiger partial charge in [0, 0.05) is 25.7 Å². The molecule has 0 aliphatic carbocycles. The predicted molar refractivity (Wildman–Crippen MR) is 74.6 cm³/mol. The van der Waals surface area contributed by atoms with E-state index in [9.17, 15) is 10.1 Å². The first-order chi connectivity index (χ1) is 9.13. The molecule has 19 heavy (non-hydrogen) atoms. The molecule has 0 radical (unpaired) electrons. The molecule has 0 unspecified atom stereocenters. The number of nitro benzene ring substituents is 1. The minimum atomic E-state index is -0.392. The number of aromatic nitrogens is 2. The van der Waals surface area contributed by atoms with Crippen molar-refractivity contribution in [2.24, 2.45) is 0 Å². The van der Waals surface area contributed by atoms with Gasteiger partial charge in [-0.15, -0.1) is 0 Å². The fourth-order valence-corrected chi connectivity index (χ4v) is 1.99. The second-order valence-corrected chi connectivity index (χ2v) is 4.41. The third-order valence-electron chi connectivity index (χ3n) is 3.02. The average molecular weight is 263 g/mol. The van der Waals surface area contributed by atoms with Crippen LogP contribution in [-0.2, 0) is 0 Å². The van der Waals surface area contributed by atoms with Crippen molar-refractivity contribution in [3.8, 4) is 0 Å². The van der Waals surface area contributed by atoms with Gasteiger partial charge in [-0.25, -0.2) is 0 Å². The van der Waals surface area contributed by atoms with Crippen molar-refractivity contribution in [3.05, 3.63) is 28.3 Å². The molecule has 2 N–H and O–H groups in total. The van der Waals surface area contributed by atoms with E-state index in [1.165, 1.54) is 6.07 Å². The molecule has 1 aromatic heterocycles. The smallest absolute Gasteiger partial charge is 0.270 e. The lowest BCUT2D eigenvalue weighted by Gasteiger charge is -2.16. The molecule has 0 amide bonds. The molecule has 1 aromatic carbocycles. The highest BCUT2D eigenvalue weighted by Gasteiger charge is 2.14. The molecule has 0 spiro atoms. The van der Waals surface area contributed by atoms with Gasteiger partial charge < -0.3 is 10.2 Å². The van der Waals surface area contributed by atoms with Crippen LogP contribution in [0.15, 0.2) is 18.2 Å². The average Bonchev–Trinajstić information content (AvgIpc) is 2.81. The summed E-state index contributed by atoms with van der Waals surface area (Å²) >= 11 is 0. The van der Waals surface area contributed by atoms with Gasteiger partial charge in [0.1, 0.15) is 0 Å². The standard InChI is InChI=1S/C12H17N5O2/c1-13-6-3-7-16(2)12-10-8-9(17(18)19)4-5-11(10)14-15-12/h4-5,8,13H,3,6-7H2,1-2H3,(H,14,15). The van der Waals surface area contributed by atoms with Crippen molar-refractivity contribution in [1.82, 2.24) is 15.5 Å². The number of aromatic amines is 1. The normalized spacial score (nSPS) is 10.8. The maximum absolute atomic E-state index is 10.8. The minimum Gasteiger partial charge on any atom is -0.358 e. The fourth-order valence-electron chi connectivity index (χ4n) is 1.99. The van der Waals surface area contributed by atoms with Crippen molar-refractivity contribution in [3.63, 3.8) is 0 Å². The predicted octanol–water partition coefficient (Wildman–Crippen LogP) is 1.52. The number of benzene rings is 1. The molecule has 0 fully saturated rings. The van der Waals surface area contributed by atoms with Gasteiger partial charge in [-0.05, 0) is 26.1 Å². The summed E-state index contributed by atoms with van der Waals surface area (Å²) in [5.74, 6) is 0.745. The maximum Gasteiger partial charge on any atom is 0.270 e. The number of nitro groups is 1. The monoisotopic (exact) mass is 263 g/mol. The lowest BCUT2D eigenvalue weighted by Crippen LogP contribution is -2.22. The first-order valence-electron chi connectivity index (χ1n) is 6.11. The molecule has 0 aliphatic rings. The number of nitrogens with one attached hydrogen (secondary N) is 2. The van der Waals surface area contributed by atoms with E-state index in [-0.39, 0.29) is 5.69 Å². The third-order valence-corrected chi connectivity index (χ3v) is 3.02. The number of non-ortho nitro benzene ring substituents is 1. The van der Waals surface area contributed by atoms with Gasteiger partial charge in [0.05, 0.1) is 15.8 Å². The molecule has 0 saturated heterocycles. The second-order valence-electron chi connectivity index (χ2n) is 4.41. The van der Waals surface area contributed by atoms with E-state index in [0.29, 0.717) is 0 Å². The van der Waals surface area contributed by atoms with Gasteiger partial charge >= 0.3 is 0 Å². The lowest BCUT2D eigenvalue weighted by atomic mass is 10.2. The molecular formula is C12H17N5O2. The first kappa shape index (κ1) is 13.3. The first-order valence-corrected chi connectivity index (χ1v) is 6.11. The van der Waals surface area contributed by atoms with E-state index in [0.717, 1.165) is 36.2 Å². The molecule has 102 valence electrons. The summed E-state index contributed by atoms with van der Waals surface area (Å²) in [6.45, 7) is 1.76. The number of hydrogen-bond acceptors (Lipinski definition) is 5. The Balaban J connectivity index is 2.27. The number of fused-ring (bicyclic) bond motifs is 1. The molecule has 1 heterocycles. The number of H-pyrrole nitrogens is 1. The molecule has 7 heteroatoms. The van der Waals surface area contributed by atoms with Gasteiger partial charge in [-0.2, -0.15) is 5.10 Å². The Morgan fingerprint density at radius 3 is 3.00 bits per heavy atom. The van der Waals surface area contributed by atoms with Crippen molar-refractivity contribution < 1.29 is 4.92 Å². The summed E-state index contributed by atoms with van der Waals surface area (Å²) in [5, 5.41) is 21.8. The topological polar surface area (TPSA) is 87.1 Å². The Morgan fingerprint density at radius 2 is 2.32 bits per heavy atom. The Morgan fingerprint density at radius 1 is 1.53 bits per heavy atom. The molecule has 2 aromatic rings. The zero-order valence-corrected chi connectivity index (χ0v) is 11.0. The lowest BCUT2D eigenvalue weighted by molar-refractivity contribution is -0.384. The summed E-state index contributed by atoms with van der Waals surface area (Å²) in [4.78, 5) is 12.4. The van der Waals surface area contributed by atoms with Crippen LogP contribution in [0.25, 0.3) is 10.9 Å². The Kier molecular flexibility index (Phi) is 3.96. The summed E-state index contributed by atoms with van der Waals surface area (Å²) < 4.78 is 0. The Bertz CT molecular complexity index is 581. The van der Waals surface area contributed by atoms with Gasteiger partial charge in [0.2, 0.25) is 0 Å². The van der Waals surface area contributed by atoms with Crippen LogP contribution >= 0.6 is 0 Å². The summed E-state index contributed by atoms with van der Waals surface area (Å²) in [6.07, 6.45) is 0.982. The van der Waals surface area contributed by atoms with E-state index in [1.54, 1.807) is 12.1 Å². The van der Waals surface area contributed by atoms with Crippen LogP contribution in [0.3, 0.4) is 0 Å². The molecule has 0 saturated carbocycles. The summed E-state index contributed by atoms with van der Waals surface area (Å²) in [7, 11) is 3.84. The minimum absolute atomic E-state index is 0.0822. The fraction of sp³-hybridized carbons (Fsp3) is 0.417. The van der Waals surface area contributed by atoms with E-state index in [1.807, 2.05) is 19.0 Å². The van der Waals surface area contributed by atoms with Crippen LogP contribution in [-0.4, -0.2) is 42.3 Å². The highest BCUT2D eigenvalue weighted by atomic mass is 16.6. The number of rotatable bonds is 6. The molecule has 2 rings (SSSR count). The van der Waals surface area contributed by atoms with E-state index in [2.05, 4.69) is 15.5 Å². The molecule has 0 atom stereocenters. The van der Waals surface area contributed by atoms with Gasteiger partial charge in [-0.1, -0.05) is 0 Å². The number of nitrogens with zero attached hydrogens (tertiary/aromatic N) is 3. The summed E-state index contributed by atoms with van der Waals surface area (Å²) in [5.41, 5.74) is 0.889. The van der Waals surface area contributed by atoms with E-state index >= 15 is 0 Å². The highest BCUT2D eigenvalue weighted by Crippen LogP contribution is 2.27. The molecular weight excluding hydrogens is 246 g/mol. The van der Waals surface area contributed by atoms with Gasteiger partial charge in [-0.3, -0.25) is 15.2 Å². The third kappa shape index (κ3) is 2.82. The molecule has 7 nitrogen and oxygen atoms in total. The van der Waals surface area contributed by atoms with Crippen molar-refractivity contribution in [1.29, 1.82) is 0 Å². The largest absolute Gasteiger partial charge is 0.358 e.